The van der Waals surface area contributed by atoms with Crippen LogP contribution < -0.4 is 5.32 Å². The van der Waals surface area contributed by atoms with Crippen LogP contribution in [0.2, 0.25) is 0 Å². The average Bonchev–Trinajstić information content (AvgIpc) is 2.30. The van der Waals surface area contributed by atoms with Crippen molar-refractivity contribution >= 4 is 6.03 Å². The number of hydrogen-bond donors (Lipinski definition) is 2. The second-order valence-corrected chi connectivity index (χ2v) is 4.46. The summed E-state index contributed by atoms with van der Waals surface area (Å²) in [5.41, 5.74) is 1.07. The lowest BCUT2D eigenvalue weighted by Crippen LogP contribution is -2.52. The number of hydrogen-bond acceptors (Lipinski definition) is 2. The van der Waals surface area contributed by atoms with E-state index in [-0.39, 0.29) is 18.5 Å². The summed E-state index contributed by atoms with van der Waals surface area (Å²) in [6.07, 6.45) is 0.570. The molecule has 4 nitrogen and oxygen atoms in total. The molecule has 0 unspecified atom stereocenters. The normalized spacial score (nSPS) is 15.3. The fourth-order valence-electron chi connectivity index (χ4n) is 1.98. The van der Waals surface area contributed by atoms with Crippen LogP contribution in [0.15, 0.2) is 24.3 Å². The van der Waals surface area contributed by atoms with Crippen LogP contribution in [0, 0.1) is 5.82 Å². The molecule has 0 radical (unpaired) electrons. The molecule has 1 aromatic rings. The highest BCUT2D eigenvalue weighted by Crippen LogP contribution is 2.26. The number of nitrogens with zero attached hydrogens (tertiary/aromatic N) is 1. The molecule has 0 aromatic heterocycles. The molecule has 2 amide bonds. The van der Waals surface area contributed by atoms with E-state index in [0.717, 1.165) is 5.56 Å². The standard InChI is InChI=1S/C13H17FN2O2/c14-12-4-2-10(3-5-12)11-8-16(9-11)13(18)15-6-1-7-17/h2-5,11,17H,1,6-9H2,(H,15,18). The van der Waals surface area contributed by atoms with Gasteiger partial charge < -0.3 is 15.3 Å². The van der Waals surface area contributed by atoms with Gasteiger partial charge in [0.2, 0.25) is 0 Å². The van der Waals surface area contributed by atoms with E-state index in [1.54, 1.807) is 17.0 Å². The number of urea groups is 1. The van der Waals surface area contributed by atoms with Crippen molar-refractivity contribution in [2.75, 3.05) is 26.2 Å². The Balaban J connectivity index is 1.76. The maximum absolute atomic E-state index is 12.8. The lowest BCUT2D eigenvalue weighted by molar-refractivity contribution is 0.150. The minimum absolute atomic E-state index is 0.0818. The minimum atomic E-state index is -0.239. The van der Waals surface area contributed by atoms with Crippen LogP contribution in [-0.2, 0) is 0 Å². The van der Waals surface area contributed by atoms with Gasteiger partial charge in [0, 0.05) is 32.2 Å². The van der Waals surface area contributed by atoms with Crippen molar-refractivity contribution in [2.24, 2.45) is 0 Å². The van der Waals surface area contributed by atoms with Gasteiger partial charge in [0.15, 0.2) is 0 Å². The smallest absolute Gasteiger partial charge is 0.317 e. The number of benzene rings is 1. The van der Waals surface area contributed by atoms with Crippen LogP contribution in [-0.4, -0.2) is 42.3 Å². The van der Waals surface area contributed by atoms with E-state index in [0.29, 0.717) is 32.0 Å². The van der Waals surface area contributed by atoms with Gasteiger partial charge in [-0.25, -0.2) is 9.18 Å². The minimum Gasteiger partial charge on any atom is -0.396 e. The number of rotatable bonds is 4. The first-order valence-corrected chi connectivity index (χ1v) is 6.10. The number of carbonyl (C=O) groups excluding carboxylic acids is 1. The van der Waals surface area contributed by atoms with Gasteiger partial charge in [-0.05, 0) is 24.1 Å². The van der Waals surface area contributed by atoms with E-state index < -0.39 is 0 Å². The fraction of sp³-hybridized carbons (Fsp3) is 0.462. The summed E-state index contributed by atoms with van der Waals surface area (Å²) in [5, 5.41) is 11.3. The highest BCUT2D eigenvalue weighted by Gasteiger charge is 2.31. The second kappa shape index (κ2) is 5.82. The summed E-state index contributed by atoms with van der Waals surface area (Å²) >= 11 is 0. The van der Waals surface area contributed by atoms with Crippen LogP contribution in [0.4, 0.5) is 9.18 Å². The molecule has 1 fully saturated rings. The van der Waals surface area contributed by atoms with Crippen LogP contribution >= 0.6 is 0 Å². The van der Waals surface area contributed by atoms with Crippen molar-refractivity contribution in [1.29, 1.82) is 0 Å². The number of carbonyl (C=O) groups is 1. The van der Waals surface area contributed by atoms with Gasteiger partial charge in [0.1, 0.15) is 5.82 Å². The quantitative estimate of drug-likeness (QED) is 0.794. The summed E-state index contributed by atoms with van der Waals surface area (Å²) in [6.45, 7) is 1.90. The molecule has 0 spiro atoms. The molecule has 0 atom stereocenters. The Morgan fingerprint density at radius 1 is 1.39 bits per heavy atom. The number of nitrogens with one attached hydrogen (secondary N) is 1. The number of aliphatic hydroxyl groups excluding tert-OH is 1. The van der Waals surface area contributed by atoms with Gasteiger partial charge >= 0.3 is 6.03 Å². The van der Waals surface area contributed by atoms with E-state index in [9.17, 15) is 9.18 Å². The molecular weight excluding hydrogens is 235 g/mol. The molecule has 5 heteroatoms. The molecule has 0 saturated carbocycles. The van der Waals surface area contributed by atoms with Gasteiger partial charge in [-0.2, -0.15) is 0 Å². The number of likely N-dealkylation sites (tertiary alicyclic amines) is 1. The summed E-state index contributed by atoms with van der Waals surface area (Å²) < 4.78 is 12.8. The molecule has 0 bridgehead atoms. The molecule has 18 heavy (non-hydrogen) atoms. The van der Waals surface area contributed by atoms with Crippen molar-refractivity contribution in [3.05, 3.63) is 35.6 Å². The highest BCUT2D eigenvalue weighted by molar-refractivity contribution is 5.75. The van der Waals surface area contributed by atoms with Crippen molar-refractivity contribution in [3.63, 3.8) is 0 Å². The first-order valence-electron chi connectivity index (χ1n) is 6.10. The summed E-state index contributed by atoms with van der Waals surface area (Å²) in [5.74, 6) is 0.0610. The third-order valence-corrected chi connectivity index (χ3v) is 3.12. The van der Waals surface area contributed by atoms with Crippen LogP contribution in [0.25, 0.3) is 0 Å². The highest BCUT2D eigenvalue weighted by atomic mass is 19.1. The summed E-state index contributed by atoms with van der Waals surface area (Å²) in [4.78, 5) is 13.3. The Bertz CT molecular complexity index is 402. The van der Waals surface area contributed by atoms with E-state index >= 15 is 0 Å². The molecule has 1 aliphatic rings. The van der Waals surface area contributed by atoms with Crippen molar-refractivity contribution in [2.45, 2.75) is 12.3 Å². The first kappa shape index (κ1) is 12.8. The Morgan fingerprint density at radius 3 is 2.67 bits per heavy atom. The Hall–Kier alpha value is -1.62. The van der Waals surface area contributed by atoms with Gasteiger partial charge in [0.25, 0.3) is 0 Å². The molecule has 98 valence electrons. The molecule has 1 aliphatic heterocycles. The topological polar surface area (TPSA) is 52.6 Å². The zero-order valence-corrected chi connectivity index (χ0v) is 10.1. The monoisotopic (exact) mass is 252 g/mol. The zero-order chi connectivity index (χ0) is 13.0. The van der Waals surface area contributed by atoms with E-state index in [1.165, 1.54) is 12.1 Å². The predicted octanol–water partition coefficient (Wildman–Crippen LogP) is 1.32. The molecule has 1 aromatic carbocycles. The zero-order valence-electron chi connectivity index (χ0n) is 10.1. The Kier molecular flexibility index (Phi) is 4.15. The summed E-state index contributed by atoms with van der Waals surface area (Å²) in [6, 6.07) is 6.32. The van der Waals surface area contributed by atoms with E-state index in [1.807, 2.05) is 0 Å². The van der Waals surface area contributed by atoms with Crippen molar-refractivity contribution in [3.8, 4) is 0 Å². The lowest BCUT2D eigenvalue weighted by atomic mass is 9.92. The molecule has 1 heterocycles. The summed E-state index contributed by atoms with van der Waals surface area (Å²) in [7, 11) is 0. The van der Waals surface area contributed by atoms with E-state index in [2.05, 4.69) is 5.32 Å². The maximum atomic E-state index is 12.8. The maximum Gasteiger partial charge on any atom is 0.317 e. The molecule has 1 saturated heterocycles. The van der Waals surface area contributed by atoms with Crippen molar-refractivity contribution in [1.82, 2.24) is 10.2 Å². The van der Waals surface area contributed by atoms with Gasteiger partial charge in [0.05, 0.1) is 0 Å². The third-order valence-electron chi connectivity index (χ3n) is 3.12. The average molecular weight is 252 g/mol. The van der Waals surface area contributed by atoms with E-state index in [4.69, 9.17) is 5.11 Å². The first-order chi connectivity index (χ1) is 8.70. The van der Waals surface area contributed by atoms with Gasteiger partial charge in [-0.3, -0.25) is 0 Å². The Morgan fingerprint density at radius 2 is 2.06 bits per heavy atom. The largest absolute Gasteiger partial charge is 0.396 e. The fourth-order valence-corrected chi connectivity index (χ4v) is 1.98. The van der Waals surface area contributed by atoms with Gasteiger partial charge in [-0.15, -0.1) is 0 Å². The number of halogens is 1. The molecule has 2 rings (SSSR count). The van der Waals surface area contributed by atoms with Gasteiger partial charge in [-0.1, -0.05) is 12.1 Å². The lowest BCUT2D eigenvalue weighted by Gasteiger charge is -2.39. The van der Waals surface area contributed by atoms with Crippen molar-refractivity contribution < 1.29 is 14.3 Å². The Labute approximate surface area is 105 Å². The molecular formula is C13H17FN2O2. The molecule has 0 aliphatic carbocycles. The van der Waals surface area contributed by atoms with Crippen LogP contribution in [0.5, 0.6) is 0 Å². The SMILES string of the molecule is O=C(NCCCO)N1CC(c2ccc(F)cc2)C1. The number of aliphatic hydroxyl groups is 1. The second-order valence-electron chi connectivity index (χ2n) is 4.46. The predicted molar refractivity (Wildman–Crippen MR) is 65.8 cm³/mol. The third kappa shape index (κ3) is 2.98. The van der Waals surface area contributed by atoms with Crippen LogP contribution in [0.1, 0.15) is 17.9 Å². The molecule has 2 N–H and O–H groups in total. The number of amides is 2. The van der Waals surface area contributed by atoms with Crippen LogP contribution in [0.3, 0.4) is 0 Å².